The summed E-state index contributed by atoms with van der Waals surface area (Å²) in [4.78, 5) is 8.74. The van der Waals surface area contributed by atoms with Gasteiger partial charge in [0, 0.05) is 17.8 Å². The Labute approximate surface area is 136 Å². The Balaban J connectivity index is 2.07. The van der Waals surface area contributed by atoms with Crippen LogP contribution in [0.3, 0.4) is 0 Å². The van der Waals surface area contributed by atoms with Crippen LogP contribution in [-0.2, 0) is 6.42 Å². The van der Waals surface area contributed by atoms with Gasteiger partial charge in [0.2, 0.25) is 0 Å². The first-order valence-electron chi connectivity index (χ1n) is 7.72. The second-order valence-corrected chi connectivity index (χ2v) is 6.36. The molecule has 0 amide bonds. The van der Waals surface area contributed by atoms with Crippen molar-refractivity contribution in [2.45, 2.75) is 33.1 Å². The zero-order chi connectivity index (χ0) is 15.5. The molecule has 0 aliphatic carbocycles. The number of benzene rings is 1. The van der Waals surface area contributed by atoms with E-state index < -0.39 is 0 Å². The van der Waals surface area contributed by atoms with Gasteiger partial charge in [0.25, 0.3) is 0 Å². The van der Waals surface area contributed by atoms with Crippen LogP contribution in [0.25, 0.3) is 16.6 Å². The number of halogens is 1. The molecule has 0 unspecified atom stereocenters. The van der Waals surface area contributed by atoms with E-state index in [9.17, 15) is 0 Å². The van der Waals surface area contributed by atoms with Gasteiger partial charge in [0.05, 0.1) is 0 Å². The minimum absolute atomic E-state index is 0.603. The van der Waals surface area contributed by atoms with Crippen molar-refractivity contribution in [3.05, 3.63) is 53.7 Å². The molecule has 0 saturated carbocycles. The van der Waals surface area contributed by atoms with E-state index in [1.807, 2.05) is 16.8 Å². The molecule has 0 spiro atoms. The highest BCUT2D eigenvalue weighted by Gasteiger charge is 2.13. The van der Waals surface area contributed by atoms with Crippen molar-refractivity contribution in [3.63, 3.8) is 0 Å². The molecule has 3 nitrogen and oxygen atoms in total. The topological polar surface area (TPSA) is 30.7 Å². The van der Waals surface area contributed by atoms with Gasteiger partial charge in [-0.05, 0) is 29.7 Å². The van der Waals surface area contributed by atoms with Crippen molar-refractivity contribution >= 4 is 22.4 Å². The second-order valence-electron chi connectivity index (χ2n) is 6.01. The summed E-state index contributed by atoms with van der Waals surface area (Å²) in [6, 6.07) is 8.33. The molecule has 0 saturated heterocycles. The molecule has 3 rings (SSSR count). The molecule has 3 aromatic rings. The number of fused-ring (bicyclic) bond motifs is 1. The maximum absolute atomic E-state index is 6.50. The lowest BCUT2D eigenvalue weighted by Crippen LogP contribution is -2.01. The van der Waals surface area contributed by atoms with E-state index in [1.54, 1.807) is 12.5 Å². The number of hydrogen-bond donors (Lipinski definition) is 0. The first-order valence-corrected chi connectivity index (χ1v) is 8.10. The first kappa shape index (κ1) is 15.0. The minimum atomic E-state index is 0.603. The van der Waals surface area contributed by atoms with Crippen LogP contribution >= 0.6 is 11.6 Å². The fraction of sp³-hybridized carbons (Fsp3) is 0.333. The van der Waals surface area contributed by atoms with E-state index in [2.05, 4.69) is 42.0 Å². The Hall–Kier alpha value is -1.87. The van der Waals surface area contributed by atoms with Crippen molar-refractivity contribution in [1.82, 2.24) is 14.5 Å². The summed E-state index contributed by atoms with van der Waals surface area (Å²) < 4.78 is 1.91. The van der Waals surface area contributed by atoms with E-state index in [1.165, 1.54) is 11.8 Å². The standard InChI is InChI=1S/C18H20ClN3/c1-13(2)6-5-9-15-14-7-3-4-8-16(14)18(21-17(15)19)22-11-10-20-12-22/h3-4,7-8,10-13H,5-6,9H2,1-2H3. The van der Waals surface area contributed by atoms with Gasteiger partial charge in [-0.25, -0.2) is 9.97 Å². The summed E-state index contributed by atoms with van der Waals surface area (Å²) in [5.74, 6) is 1.55. The number of aromatic nitrogens is 3. The largest absolute Gasteiger partial charge is 0.290 e. The van der Waals surface area contributed by atoms with Crippen LogP contribution in [0.1, 0.15) is 32.3 Å². The Morgan fingerprint density at radius 3 is 2.64 bits per heavy atom. The number of hydrogen-bond acceptors (Lipinski definition) is 2. The quantitative estimate of drug-likeness (QED) is 0.617. The maximum atomic E-state index is 6.50. The fourth-order valence-corrected chi connectivity index (χ4v) is 3.06. The van der Waals surface area contributed by atoms with Gasteiger partial charge in [0.15, 0.2) is 0 Å². The van der Waals surface area contributed by atoms with Gasteiger partial charge in [-0.1, -0.05) is 56.1 Å². The van der Waals surface area contributed by atoms with Crippen molar-refractivity contribution in [2.75, 3.05) is 0 Å². The van der Waals surface area contributed by atoms with Crippen LogP contribution in [0.2, 0.25) is 5.15 Å². The average molecular weight is 314 g/mol. The third kappa shape index (κ3) is 3.00. The van der Waals surface area contributed by atoms with E-state index in [0.29, 0.717) is 11.1 Å². The van der Waals surface area contributed by atoms with E-state index in [4.69, 9.17) is 11.6 Å². The van der Waals surface area contributed by atoms with Crippen LogP contribution in [0, 0.1) is 5.92 Å². The number of nitrogens with zero attached hydrogens (tertiary/aromatic N) is 3. The highest BCUT2D eigenvalue weighted by molar-refractivity contribution is 6.31. The number of rotatable bonds is 5. The smallest absolute Gasteiger partial charge is 0.147 e. The summed E-state index contributed by atoms with van der Waals surface area (Å²) in [6.45, 7) is 4.50. The molecule has 4 heteroatoms. The molecule has 0 N–H and O–H groups in total. The Bertz CT molecular complexity index is 763. The monoisotopic (exact) mass is 313 g/mol. The van der Waals surface area contributed by atoms with E-state index in [0.717, 1.165) is 29.6 Å². The number of pyridine rings is 1. The molecule has 1 aromatic carbocycles. The van der Waals surface area contributed by atoms with Crippen LogP contribution in [0.15, 0.2) is 43.0 Å². The molecule has 22 heavy (non-hydrogen) atoms. The predicted octanol–water partition coefficient (Wildman–Crippen LogP) is 5.05. The molecule has 114 valence electrons. The molecule has 2 heterocycles. The summed E-state index contributed by atoms with van der Waals surface area (Å²) in [5, 5.41) is 2.91. The fourth-order valence-electron chi connectivity index (χ4n) is 2.78. The predicted molar refractivity (Wildman–Crippen MR) is 91.7 cm³/mol. The van der Waals surface area contributed by atoms with Crippen LogP contribution in [0.5, 0.6) is 0 Å². The average Bonchev–Trinajstić information content (AvgIpc) is 3.03. The molecular weight excluding hydrogens is 294 g/mol. The summed E-state index contributed by atoms with van der Waals surface area (Å²) in [7, 11) is 0. The normalized spacial score (nSPS) is 11.5. The Morgan fingerprint density at radius 1 is 1.18 bits per heavy atom. The molecular formula is C18H20ClN3. The van der Waals surface area contributed by atoms with Crippen LogP contribution in [-0.4, -0.2) is 14.5 Å². The molecule has 0 aliphatic heterocycles. The lowest BCUT2D eigenvalue weighted by atomic mass is 9.99. The molecule has 0 radical (unpaired) electrons. The Kier molecular flexibility index (Phi) is 4.44. The third-order valence-corrected chi connectivity index (χ3v) is 4.22. The van der Waals surface area contributed by atoms with Gasteiger partial charge in [-0.2, -0.15) is 0 Å². The second kappa shape index (κ2) is 6.49. The molecule has 0 bridgehead atoms. The first-order chi connectivity index (χ1) is 10.7. The molecule has 0 aliphatic rings. The summed E-state index contributed by atoms with van der Waals surface area (Å²) >= 11 is 6.50. The SMILES string of the molecule is CC(C)CCCc1c(Cl)nc(-n2ccnc2)c2ccccc12. The van der Waals surface area contributed by atoms with Crippen molar-refractivity contribution in [3.8, 4) is 5.82 Å². The van der Waals surface area contributed by atoms with Crippen molar-refractivity contribution in [2.24, 2.45) is 5.92 Å². The highest BCUT2D eigenvalue weighted by Crippen LogP contribution is 2.30. The zero-order valence-electron chi connectivity index (χ0n) is 13.0. The van der Waals surface area contributed by atoms with Gasteiger partial charge in [0.1, 0.15) is 17.3 Å². The zero-order valence-corrected chi connectivity index (χ0v) is 13.7. The molecule has 0 fully saturated rings. The maximum Gasteiger partial charge on any atom is 0.147 e. The number of aryl methyl sites for hydroxylation is 1. The molecule has 0 atom stereocenters. The number of imidazole rings is 1. The minimum Gasteiger partial charge on any atom is -0.290 e. The highest BCUT2D eigenvalue weighted by atomic mass is 35.5. The van der Waals surface area contributed by atoms with Gasteiger partial charge in [-0.15, -0.1) is 0 Å². The Morgan fingerprint density at radius 2 is 1.95 bits per heavy atom. The van der Waals surface area contributed by atoms with E-state index >= 15 is 0 Å². The molecule has 2 aromatic heterocycles. The van der Waals surface area contributed by atoms with Gasteiger partial charge < -0.3 is 0 Å². The van der Waals surface area contributed by atoms with E-state index in [-0.39, 0.29) is 0 Å². The third-order valence-electron chi connectivity index (χ3n) is 3.90. The van der Waals surface area contributed by atoms with Crippen molar-refractivity contribution in [1.29, 1.82) is 0 Å². The summed E-state index contributed by atoms with van der Waals surface area (Å²) in [5.41, 5.74) is 1.15. The lowest BCUT2D eigenvalue weighted by molar-refractivity contribution is 0.556. The van der Waals surface area contributed by atoms with Gasteiger partial charge in [-0.3, -0.25) is 4.57 Å². The lowest BCUT2D eigenvalue weighted by Gasteiger charge is -2.13. The summed E-state index contributed by atoms with van der Waals surface area (Å²) in [6.07, 6.45) is 8.70. The van der Waals surface area contributed by atoms with Gasteiger partial charge >= 0.3 is 0 Å². The van der Waals surface area contributed by atoms with Crippen LogP contribution in [0.4, 0.5) is 0 Å². The van der Waals surface area contributed by atoms with Crippen LogP contribution < -0.4 is 0 Å². The van der Waals surface area contributed by atoms with Crippen molar-refractivity contribution < 1.29 is 0 Å².